The van der Waals surface area contributed by atoms with Crippen LogP contribution < -0.4 is 11.2 Å². The van der Waals surface area contributed by atoms with E-state index in [0.29, 0.717) is 5.01 Å². The predicted molar refractivity (Wildman–Crippen MR) is 38.2 cm³/mol. The van der Waals surface area contributed by atoms with Crippen molar-refractivity contribution in [2.75, 3.05) is 6.54 Å². The molecule has 0 fully saturated rings. The molecule has 0 saturated heterocycles. The molecule has 1 rings (SSSR count). The molecule has 0 aromatic heterocycles. The first-order valence-electron chi connectivity index (χ1n) is 3.21. The zero-order valence-corrected chi connectivity index (χ0v) is 6.11. The highest BCUT2D eigenvalue weighted by Crippen LogP contribution is 1.98. The van der Waals surface area contributed by atoms with Gasteiger partial charge in [0.15, 0.2) is 0 Å². The summed E-state index contributed by atoms with van der Waals surface area (Å²) in [7, 11) is 0. The summed E-state index contributed by atoms with van der Waals surface area (Å²) in [6.07, 6.45) is 2.14. The van der Waals surface area contributed by atoms with Crippen molar-refractivity contribution in [2.45, 2.75) is 0 Å². The van der Waals surface area contributed by atoms with Crippen molar-refractivity contribution < 1.29 is 14.4 Å². The molecule has 6 nitrogen and oxygen atoms in total. The van der Waals surface area contributed by atoms with Gasteiger partial charge in [-0.1, -0.05) is 0 Å². The summed E-state index contributed by atoms with van der Waals surface area (Å²) in [5.41, 5.74) is 7.00. The number of carbonyl (C=O) groups is 3. The number of nitrogens with one attached hydrogen (secondary N) is 1. The normalized spacial score (nSPS) is 15.6. The highest BCUT2D eigenvalue weighted by molar-refractivity contribution is 6.13. The Morgan fingerprint density at radius 1 is 1.42 bits per heavy atom. The van der Waals surface area contributed by atoms with Gasteiger partial charge in [0, 0.05) is 12.2 Å². The minimum atomic E-state index is -0.583. The topological polar surface area (TPSA) is 92.5 Å². The second-order valence-corrected chi connectivity index (χ2v) is 2.08. The fraction of sp³-hybridized carbons (Fsp3) is 0.167. The van der Waals surface area contributed by atoms with Crippen molar-refractivity contribution in [1.29, 1.82) is 0 Å². The number of amides is 3. The maximum Gasteiger partial charge on any atom is 0.272 e. The van der Waals surface area contributed by atoms with Gasteiger partial charge in [0.1, 0.15) is 0 Å². The lowest BCUT2D eigenvalue weighted by Crippen LogP contribution is -2.48. The molecule has 64 valence electrons. The molecule has 0 spiro atoms. The molecule has 1 heterocycles. The maximum absolute atomic E-state index is 10.8. The van der Waals surface area contributed by atoms with E-state index in [1.54, 1.807) is 0 Å². The van der Waals surface area contributed by atoms with Gasteiger partial charge in [-0.3, -0.25) is 19.8 Å². The van der Waals surface area contributed by atoms with Crippen molar-refractivity contribution in [1.82, 2.24) is 10.4 Å². The number of imide groups is 1. The molecule has 12 heavy (non-hydrogen) atoms. The average molecular weight is 169 g/mol. The molecule has 0 aromatic rings. The van der Waals surface area contributed by atoms with Gasteiger partial charge in [-0.25, -0.2) is 0 Å². The van der Waals surface area contributed by atoms with Gasteiger partial charge in [-0.05, 0) is 0 Å². The molecule has 0 aliphatic carbocycles. The van der Waals surface area contributed by atoms with Crippen molar-refractivity contribution in [3.8, 4) is 0 Å². The summed E-state index contributed by atoms with van der Waals surface area (Å²) in [6, 6.07) is 0. The van der Waals surface area contributed by atoms with E-state index in [9.17, 15) is 14.4 Å². The Morgan fingerprint density at radius 3 is 2.33 bits per heavy atom. The van der Waals surface area contributed by atoms with Crippen LogP contribution in [-0.2, 0) is 14.4 Å². The zero-order valence-electron chi connectivity index (χ0n) is 6.11. The average Bonchev–Trinajstić information content (AvgIpc) is 2.35. The van der Waals surface area contributed by atoms with E-state index in [1.165, 1.54) is 0 Å². The van der Waals surface area contributed by atoms with Gasteiger partial charge >= 0.3 is 0 Å². The Morgan fingerprint density at radius 2 is 1.92 bits per heavy atom. The Labute approximate surface area is 68.0 Å². The summed E-state index contributed by atoms with van der Waals surface area (Å²) < 4.78 is 0. The molecule has 0 atom stereocenters. The third-order valence-electron chi connectivity index (χ3n) is 1.23. The molecule has 1 aliphatic rings. The molecule has 0 saturated carbocycles. The summed E-state index contributed by atoms with van der Waals surface area (Å²) in [4.78, 5) is 32.2. The van der Waals surface area contributed by atoms with Crippen LogP contribution in [0.1, 0.15) is 0 Å². The Hall–Kier alpha value is -1.69. The number of hydrazine groups is 1. The van der Waals surface area contributed by atoms with E-state index in [4.69, 9.17) is 5.73 Å². The number of nitrogens with two attached hydrogens (primary N) is 1. The molecule has 3 amide bonds. The van der Waals surface area contributed by atoms with Gasteiger partial charge in [0.05, 0.1) is 6.54 Å². The number of rotatable bonds is 2. The minimum absolute atomic E-state index is 0.267. The van der Waals surface area contributed by atoms with Crippen LogP contribution in [0.5, 0.6) is 0 Å². The number of carbonyl (C=O) groups excluding carboxylic acids is 3. The summed E-state index contributed by atoms with van der Waals surface area (Å²) in [5.74, 6) is -1.72. The van der Waals surface area contributed by atoms with E-state index in [1.807, 2.05) is 5.43 Å². The highest BCUT2D eigenvalue weighted by Gasteiger charge is 2.24. The largest absolute Gasteiger partial charge is 0.322 e. The van der Waals surface area contributed by atoms with Crippen LogP contribution in [0.4, 0.5) is 0 Å². The monoisotopic (exact) mass is 169 g/mol. The minimum Gasteiger partial charge on any atom is -0.322 e. The Kier molecular flexibility index (Phi) is 2.20. The summed E-state index contributed by atoms with van der Waals surface area (Å²) in [6.45, 7) is -0.267. The molecule has 3 N–H and O–H groups in total. The fourth-order valence-corrected chi connectivity index (χ4v) is 0.681. The predicted octanol–water partition coefficient (Wildman–Crippen LogP) is -2.10. The number of nitrogens with zero attached hydrogens (tertiary/aromatic N) is 1. The Bertz CT molecular complexity index is 253. The van der Waals surface area contributed by atoms with Crippen LogP contribution in [0, 0.1) is 0 Å². The smallest absolute Gasteiger partial charge is 0.272 e. The molecular weight excluding hydrogens is 162 g/mol. The van der Waals surface area contributed by atoms with Crippen molar-refractivity contribution in [2.24, 2.45) is 5.73 Å². The lowest BCUT2D eigenvalue weighted by atomic mass is 10.6. The number of hydrogen-bond donors (Lipinski definition) is 2. The SMILES string of the molecule is NCC(=O)NN1C(=O)C=CC1=O. The molecule has 0 radical (unpaired) electrons. The molecule has 6 heteroatoms. The summed E-state index contributed by atoms with van der Waals surface area (Å²) >= 11 is 0. The first kappa shape index (κ1) is 8.41. The third kappa shape index (κ3) is 1.48. The van der Waals surface area contributed by atoms with Crippen molar-refractivity contribution >= 4 is 17.7 Å². The van der Waals surface area contributed by atoms with Gasteiger partial charge in [-0.15, -0.1) is 0 Å². The standard InChI is InChI=1S/C6H7N3O3/c7-3-4(10)8-9-5(11)1-2-6(9)12/h1-2H,3,7H2,(H,8,10). The van der Waals surface area contributed by atoms with E-state index < -0.39 is 17.7 Å². The van der Waals surface area contributed by atoms with E-state index in [-0.39, 0.29) is 6.54 Å². The quantitative estimate of drug-likeness (QED) is 0.463. The first-order valence-corrected chi connectivity index (χ1v) is 3.21. The van der Waals surface area contributed by atoms with Crippen LogP contribution in [0.3, 0.4) is 0 Å². The lowest BCUT2D eigenvalue weighted by Gasteiger charge is -2.13. The fourth-order valence-electron chi connectivity index (χ4n) is 0.681. The van der Waals surface area contributed by atoms with Crippen molar-refractivity contribution in [3.63, 3.8) is 0 Å². The molecule has 0 bridgehead atoms. The summed E-state index contributed by atoms with van der Waals surface area (Å²) in [5, 5.41) is 0.606. The van der Waals surface area contributed by atoms with E-state index in [2.05, 4.69) is 0 Å². The second kappa shape index (κ2) is 3.14. The molecule has 0 aromatic carbocycles. The number of hydrogen-bond acceptors (Lipinski definition) is 4. The van der Waals surface area contributed by atoms with Crippen LogP contribution in [0.2, 0.25) is 0 Å². The highest BCUT2D eigenvalue weighted by atomic mass is 16.2. The van der Waals surface area contributed by atoms with Crippen LogP contribution in [-0.4, -0.2) is 29.3 Å². The van der Waals surface area contributed by atoms with Gasteiger partial charge in [0.2, 0.25) is 0 Å². The molecular formula is C6H7N3O3. The van der Waals surface area contributed by atoms with E-state index >= 15 is 0 Å². The Balaban J connectivity index is 2.59. The second-order valence-electron chi connectivity index (χ2n) is 2.08. The molecule has 1 aliphatic heterocycles. The maximum atomic E-state index is 10.8. The van der Waals surface area contributed by atoms with Gasteiger partial charge < -0.3 is 5.73 Å². The van der Waals surface area contributed by atoms with Crippen LogP contribution in [0.15, 0.2) is 12.2 Å². The molecule has 0 unspecified atom stereocenters. The van der Waals surface area contributed by atoms with Crippen LogP contribution >= 0.6 is 0 Å². The van der Waals surface area contributed by atoms with Crippen molar-refractivity contribution in [3.05, 3.63) is 12.2 Å². The van der Waals surface area contributed by atoms with Gasteiger partial charge in [-0.2, -0.15) is 5.01 Å². The van der Waals surface area contributed by atoms with Gasteiger partial charge in [0.25, 0.3) is 17.7 Å². The zero-order chi connectivity index (χ0) is 9.14. The van der Waals surface area contributed by atoms with Crippen LogP contribution in [0.25, 0.3) is 0 Å². The van der Waals surface area contributed by atoms with E-state index in [0.717, 1.165) is 12.2 Å². The third-order valence-corrected chi connectivity index (χ3v) is 1.23. The first-order chi connectivity index (χ1) is 5.65. The lowest BCUT2D eigenvalue weighted by molar-refractivity contribution is -0.146.